The summed E-state index contributed by atoms with van der Waals surface area (Å²) in [6, 6.07) is 82.7. The van der Waals surface area contributed by atoms with Gasteiger partial charge in [-0.3, -0.25) is 28.8 Å². The van der Waals surface area contributed by atoms with E-state index in [-0.39, 0.29) is 22.4 Å². The molecule has 10 nitrogen and oxygen atoms in total. The van der Waals surface area contributed by atoms with Crippen LogP contribution in [0, 0.1) is 0 Å². The largest absolute Gasteiger partial charge is 0.504 e. The molecule has 2 N–H and O–H groups in total. The number of carbonyl (C=O) groups is 7. The summed E-state index contributed by atoms with van der Waals surface area (Å²) in [7, 11) is 1.66. The number of methoxy groups -OCH3 is 1. The van der Waals surface area contributed by atoms with Crippen molar-refractivity contribution in [2.24, 2.45) is 0 Å². The van der Waals surface area contributed by atoms with Gasteiger partial charge in [0.2, 0.25) is 0 Å². The highest BCUT2D eigenvalue weighted by atomic mass is 16.5. The Hall–Kier alpha value is -12.0. The monoisotopic (exact) mass is 1920 g/mol. The van der Waals surface area contributed by atoms with Crippen LogP contribution in [0.25, 0.3) is 33.9 Å². The molecule has 2 saturated carbocycles. The van der Waals surface area contributed by atoms with Gasteiger partial charge in [-0.1, -0.05) is 411 Å². The van der Waals surface area contributed by atoms with Crippen molar-refractivity contribution in [1.82, 2.24) is 0 Å². The molecule has 2 aliphatic carbocycles. The quantitative estimate of drug-likeness (QED) is 0.0213. The molecule has 0 radical (unpaired) electrons. The summed E-state index contributed by atoms with van der Waals surface area (Å²) in [5.74, 6) is 2.34. The van der Waals surface area contributed by atoms with Crippen LogP contribution < -0.4 is 0 Å². The van der Waals surface area contributed by atoms with E-state index < -0.39 is 12.2 Å². The predicted octanol–water partition coefficient (Wildman–Crippen LogP) is 33.3. The molecule has 2 atom stereocenters. The molecule has 0 bridgehead atoms. The Morgan fingerprint density at radius 3 is 0.796 bits per heavy atom. The van der Waals surface area contributed by atoms with Gasteiger partial charge in [-0.25, -0.2) is 0 Å². The maximum atomic E-state index is 11.6. The van der Waals surface area contributed by atoms with Gasteiger partial charge in [-0.2, -0.15) is 0 Å². The highest BCUT2D eigenvalue weighted by Crippen LogP contribution is 2.50. The second-order valence-corrected chi connectivity index (χ2v) is 38.6. The van der Waals surface area contributed by atoms with Crippen LogP contribution in [-0.2, 0) is 95.7 Å². The van der Waals surface area contributed by atoms with Crippen molar-refractivity contribution in [2.75, 3.05) is 7.11 Å². The first-order valence-corrected chi connectivity index (χ1v) is 52.3. The molecule has 762 valence electrons. The molecular formula is C132H174O10. The SMILES string of the molecule is C=C(C(C)=O)c1ccc(C(C)C)cc1.C=C(C(C)=O)c1ccc(CCCC)cc1.C=C(C=O)c1ccc(CCCC)cc1.C=C(c1ccc(C(C)C)cc1)C(C)O.C=C(c1ccc(CCCC)cc1)C(C)O.CC(=O)C1(c2ccc(C(C)C)cc2)CC1.CCCCc1ccc(C2(C(C)=O)CC2)cc1.CCCCc1ccc(C=COC)cc1.CCCCc1ccc(C=O)cc1.CCCCc1ccc(CC=O)cc1. The van der Waals surface area contributed by atoms with Crippen LogP contribution in [-0.4, -0.2) is 71.5 Å². The molecule has 0 saturated heterocycles. The fourth-order valence-corrected chi connectivity index (χ4v) is 15.2. The number of aliphatic hydroxyl groups is 2. The normalized spacial score (nSPS) is 12.2. The molecule has 0 aromatic heterocycles. The zero-order valence-corrected chi connectivity index (χ0v) is 90.4. The van der Waals surface area contributed by atoms with Gasteiger partial charge in [0.15, 0.2) is 11.6 Å². The van der Waals surface area contributed by atoms with E-state index in [2.05, 4.69) is 256 Å². The first-order valence-electron chi connectivity index (χ1n) is 52.3. The molecule has 2 unspecified atom stereocenters. The molecule has 10 aromatic rings. The van der Waals surface area contributed by atoms with E-state index in [1.165, 1.54) is 169 Å². The lowest BCUT2D eigenvalue weighted by Crippen LogP contribution is -2.16. The van der Waals surface area contributed by atoms with Crippen LogP contribution in [0.5, 0.6) is 0 Å². The first kappa shape index (κ1) is 124. The zero-order valence-electron chi connectivity index (χ0n) is 90.4. The molecule has 0 aliphatic heterocycles. The summed E-state index contributed by atoms with van der Waals surface area (Å²) in [6.07, 6.45) is 35.2. The van der Waals surface area contributed by atoms with Gasteiger partial charge >= 0.3 is 0 Å². The van der Waals surface area contributed by atoms with Gasteiger partial charge in [-0.05, 0) is 298 Å². The average molecular weight is 1920 g/mol. The van der Waals surface area contributed by atoms with Gasteiger partial charge in [-0.15, -0.1) is 0 Å². The Morgan fingerprint density at radius 2 is 0.556 bits per heavy atom. The van der Waals surface area contributed by atoms with Crippen LogP contribution in [0.4, 0.5) is 0 Å². The maximum absolute atomic E-state index is 11.6. The number of ether oxygens (including phenoxy) is 1. The fourth-order valence-electron chi connectivity index (χ4n) is 15.2. The van der Waals surface area contributed by atoms with Crippen molar-refractivity contribution >= 4 is 75.9 Å². The van der Waals surface area contributed by atoms with Crippen molar-refractivity contribution < 1.29 is 48.5 Å². The number of benzene rings is 10. The number of carbonyl (C=O) groups excluding carboxylic acids is 7. The highest BCUT2D eigenvalue weighted by molar-refractivity contribution is 6.19. The smallest absolute Gasteiger partial charge is 0.159 e. The van der Waals surface area contributed by atoms with Gasteiger partial charge in [0.25, 0.3) is 0 Å². The molecule has 142 heavy (non-hydrogen) atoms. The molecule has 0 spiro atoms. The lowest BCUT2D eigenvalue weighted by molar-refractivity contribution is -0.120. The van der Waals surface area contributed by atoms with Crippen molar-refractivity contribution in [2.45, 2.75) is 339 Å². The van der Waals surface area contributed by atoms with E-state index in [1.54, 1.807) is 54.9 Å². The summed E-state index contributed by atoms with van der Waals surface area (Å²) in [5, 5.41) is 18.7. The minimum absolute atomic E-state index is 0.0299. The number of hydrogen-bond donors (Lipinski definition) is 2. The number of allylic oxidation sites excluding steroid dienone is 3. The molecule has 12 rings (SSSR count). The molecule has 2 aliphatic rings. The van der Waals surface area contributed by atoms with Gasteiger partial charge in [0.1, 0.15) is 30.4 Å². The maximum Gasteiger partial charge on any atom is 0.159 e. The van der Waals surface area contributed by atoms with E-state index in [4.69, 9.17) is 4.74 Å². The number of hydrogen-bond acceptors (Lipinski definition) is 10. The van der Waals surface area contributed by atoms with E-state index in [9.17, 15) is 43.8 Å². The molecular weight excluding hydrogens is 1750 g/mol. The standard InChI is InChI=1S/C15H20O.C14H18O.C14H20O.C14H18O.C13H18O.C13H16O.C13H18O.C13H16O.C12H16O.C11H14O/c1-3-4-5-13-6-8-14(9-7-13)15(10-11-15)12(2)16;1-10(2)12-4-6-13(7-5-12)14(8-9-14)11(3)15;2*1-4-5-6-13-7-9-14(10-8-13)11(2)12(3)15;2*1-9(2)12-5-7-13(8-6-12)10(3)11(4)14;1-3-4-5-12-6-8-13(9-7-12)10-11-14-2;1-3-4-5-12-6-8-13(9-7-12)11(2)10-14;1-2-3-4-11-5-7-12(8-6-11)9-10-13;1-2-3-4-10-5-7-11(9-12)8-6-10/h6-9H,3-5,10-11H2,1-2H3;4-7,10H,8-9H2,1-3H3;7-10,12,15H,2,4-6H2,1,3H3;7-10H,2,4-6H2,1,3H3;5-9,11,14H,3H2,1-2,4H3;5-9H,3H2,1-2,4H3;6-11H,3-5H2,1-2H3;6-10H,2-5H2,1H3;5-8,10H,2-4,9H2,1H3;5-9H,2-4H2,1H3. The van der Waals surface area contributed by atoms with Crippen molar-refractivity contribution in [1.29, 1.82) is 0 Å². The Morgan fingerprint density at radius 1 is 0.324 bits per heavy atom. The summed E-state index contributed by atoms with van der Waals surface area (Å²) >= 11 is 0. The van der Waals surface area contributed by atoms with Crippen molar-refractivity contribution in [3.63, 3.8) is 0 Å². The predicted molar refractivity (Wildman–Crippen MR) is 607 cm³/mol. The lowest BCUT2D eigenvalue weighted by Gasteiger charge is -2.13. The number of aryl methyl sites for hydroxylation is 7. The van der Waals surface area contributed by atoms with Crippen LogP contribution in [0.15, 0.2) is 282 Å². The lowest BCUT2D eigenvalue weighted by atomic mass is 9.90. The number of aldehydes is 3. The van der Waals surface area contributed by atoms with Crippen LogP contribution in [0.2, 0.25) is 0 Å². The molecule has 10 aromatic carbocycles. The topological polar surface area (TPSA) is 169 Å². The molecule has 0 amide bonds. The minimum Gasteiger partial charge on any atom is -0.504 e. The Labute approximate surface area is 858 Å². The Bertz CT molecular complexity index is 5360. The van der Waals surface area contributed by atoms with E-state index in [0.29, 0.717) is 52.5 Å². The van der Waals surface area contributed by atoms with Gasteiger partial charge < -0.3 is 19.7 Å². The highest BCUT2D eigenvalue weighted by Gasteiger charge is 2.49. The van der Waals surface area contributed by atoms with Crippen molar-refractivity contribution in [3.05, 3.63) is 393 Å². The summed E-state index contributed by atoms with van der Waals surface area (Å²) in [6.45, 7) is 57.3. The average Bonchev–Trinajstić information content (AvgIpc) is 1.61. The van der Waals surface area contributed by atoms with E-state index in [0.717, 1.165) is 133 Å². The molecule has 2 fully saturated rings. The third-order valence-corrected chi connectivity index (χ3v) is 25.9. The van der Waals surface area contributed by atoms with Crippen LogP contribution in [0.1, 0.15) is 381 Å². The Balaban J connectivity index is 0.000000406. The van der Waals surface area contributed by atoms with Crippen LogP contribution in [0.3, 0.4) is 0 Å². The number of rotatable bonds is 43. The van der Waals surface area contributed by atoms with Gasteiger partial charge in [0, 0.05) is 28.7 Å². The van der Waals surface area contributed by atoms with Crippen LogP contribution >= 0.6 is 0 Å². The molecule has 10 heteroatoms. The summed E-state index contributed by atoms with van der Waals surface area (Å²) in [4.78, 5) is 76.3. The van der Waals surface area contributed by atoms with E-state index >= 15 is 0 Å². The Kier molecular flexibility index (Phi) is 61.1. The number of aliphatic hydroxyl groups excluding tert-OH is 2. The number of ketones is 4. The molecule has 0 heterocycles. The second-order valence-electron chi connectivity index (χ2n) is 38.6. The van der Waals surface area contributed by atoms with E-state index in [1.807, 2.05) is 115 Å². The van der Waals surface area contributed by atoms with Gasteiger partial charge in [0.05, 0.1) is 36.4 Å². The summed E-state index contributed by atoms with van der Waals surface area (Å²) in [5.41, 5.74) is 26.8. The third-order valence-electron chi connectivity index (χ3n) is 25.9. The third kappa shape index (κ3) is 47.3. The second kappa shape index (κ2) is 69.9. The summed E-state index contributed by atoms with van der Waals surface area (Å²) < 4.78 is 4.86. The number of unbranched alkanes of at least 4 members (excludes halogenated alkanes) is 7. The first-order chi connectivity index (χ1) is 67.9. The fraction of sp³-hybridized carbons (Fsp3) is 0.402. The van der Waals surface area contributed by atoms with Crippen molar-refractivity contribution in [3.8, 4) is 0 Å². The number of Topliss-reactive ketones (excluding diaryl/α,β-unsaturated/α-hetero) is 4. The minimum atomic E-state index is -0.472. The zero-order chi connectivity index (χ0) is 106.